The summed E-state index contributed by atoms with van der Waals surface area (Å²) in [6.07, 6.45) is 1.52. The maximum atomic E-state index is 13.5. The van der Waals surface area contributed by atoms with Gasteiger partial charge in [-0.25, -0.2) is 4.39 Å². The van der Waals surface area contributed by atoms with Gasteiger partial charge in [-0.3, -0.25) is 0 Å². The molecule has 3 heteroatoms. The lowest BCUT2D eigenvalue weighted by Crippen LogP contribution is -1.87. The molecule has 2 nitrogen and oxygen atoms in total. The van der Waals surface area contributed by atoms with Crippen LogP contribution in [0.1, 0.15) is 5.56 Å². The molecule has 64 valence electrons. The standard InChI is InChI=1S/C10H6FNO/c11-10-7(3-5-12)1-2-9-8(10)4-6-13-9/h1-2,4,6H,3H2. The monoisotopic (exact) mass is 175 g/mol. The number of nitriles is 1. The van der Waals surface area contributed by atoms with Gasteiger partial charge in [-0.2, -0.15) is 5.26 Å². The zero-order valence-corrected chi connectivity index (χ0v) is 6.75. The fourth-order valence-electron chi connectivity index (χ4n) is 1.28. The minimum Gasteiger partial charge on any atom is -0.464 e. The number of halogens is 1. The molecule has 0 aliphatic carbocycles. The highest BCUT2D eigenvalue weighted by Crippen LogP contribution is 2.21. The van der Waals surface area contributed by atoms with Crippen molar-refractivity contribution >= 4 is 11.0 Å². The summed E-state index contributed by atoms with van der Waals surface area (Å²) in [5.74, 6) is -0.354. The van der Waals surface area contributed by atoms with Crippen LogP contribution in [0.15, 0.2) is 28.9 Å². The third kappa shape index (κ3) is 1.17. The Morgan fingerprint density at radius 2 is 2.23 bits per heavy atom. The molecule has 0 bridgehead atoms. The van der Waals surface area contributed by atoms with Crippen LogP contribution in [0.25, 0.3) is 11.0 Å². The van der Waals surface area contributed by atoms with E-state index in [1.165, 1.54) is 6.26 Å². The molecule has 0 aliphatic rings. The normalized spacial score (nSPS) is 10.2. The molecular weight excluding hydrogens is 169 g/mol. The van der Waals surface area contributed by atoms with E-state index in [2.05, 4.69) is 0 Å². The van der Waals surface area contributed by atoms with Crippen molar-refractivity contribution in [2.24, 2.45) is 0 Å². The molecular formula is C10H6FNO. The Kier molecular flexibility index (Phi) is 1.75. The van der Waals surface area contributed by atoms with Gasteiger partial charge >= 0.3 is 0 Å². The van der Waals surface area contributed by atoms with Crippen molar-refractivity contribution in [3.05, 3.63) is 35.8 Å². The molecule has 0 aliphatic heterocycles. The Hall–Kier alpha value is -1.82. The Balaban J connectivity index is 2.67. The molecule has 2 aromatic rings. The van der Waals surface area contributed by atoms with Crippen molar-refractivity contribution in [3.8, 4) is 6.07 Å². The second-order valence-electron chi connectivity index (χ2n) is 2.71. The number of rotatable bonds is 1. The van der Waals surface area contributed by atoms with E-state index >= 15 is 0 Å². The molecule has 13 heavy (non-hydrogen) atoms. The molecule has 1 aromatic carbocycles. The minimum atomic E-state index is -0.354. The van der Waals surface area contributed by atoms with Crippen LogP contribution in [0.4, 0.5) is 4.39 Å². The summed E-state index contributed by atoms with van der Waals surface area (Å²) in [7, 11) is 0. The SMILES string of the molecule is N#CCc1ccc2occc2c1F. The Morgan fingerprint density at radius 3 is 3.00 bits per heavy atom. The Bertz CT molecular complexity index is 481. The largest absolute Gasteiger partial charge is 0.464 e. The second kappa shape index (κ2) is 2.91. The quantitative estimate of drug-likeness (QED) is 0.668. The van der Waals surface area contributed by atoms with E-state index in [0.717, 1.165) is 0 Å². The molecule has 0 amide bonds. The smallest absolute Gasteiger partial charge is 0.138 e. The summed E-state index contributed by atoms with van der Waals surface area (Å²) >= 11 is 0. The third-order valence-corrected chi connectivity index (χ3v) is 1.92. The van der Waals surface area contributed by atoms with Gasteiger partial charge in [0.25, 0.3) is 0 Å². The van der Waals surface area contributed by atoms with E-state index in [1.54, 1.807) is 18.2 Å². The highest BCUT2D eigenvalue weighted by Gasteiger charge is 2.08. The van der Waals surface area contributed by atoms with E-state index in [9.17, 15) is 4.39 Å². The van der Waals surface area contributed by atoms with Crippen LogP contribution in [0, 0.1) is 17.1 Å². The van der Waals surface area contributed by atoms with Crippen LogP contribution in [-0.2, 0) is 6.42 Å². The van der Waals surface area contributed by atoms with Gasteiger partial charge < -0.3 is 4.42 Å². The average Bonchev–Trinajstić information content (AvgIpc) is 2.58. The summed E-state index contributed by atoms with van der Waals surface area (Å²) in [5.41, 5.74) is 0.926. The summed E-state index contributed by atoms with van der Waals surface area (Å²) in [5, 5.41) is 8.86. The first-order valence-electron chi connectivity index (χ1n) is 3.84. The predicted octanol–water partition coefficient (Wildman–Crippen LogP) is 2.64. The molecule has 0 N–H and O–H groups in total. The van der Waals surface area contributed by atoms with Crippen molar-refractivity contribution in [3.63, 3.8) is 0 Å². The molecule has 0 fully saturated rings. The first-order chi connectivity index (χ1) is 6.33. The van der Waals surface area contributed by atoms with Gasteiger partial charge in [0.05, 0.1) is 24.1 Å². The molecule has 0 saturated heterocycles. The number of furan rings is 1. The van der Waals surface area contributed by atoms with E-state index in [-0.39, 0.29) is 12.2 Å². The average molecular weight is 175 g/mol. The molecule has 0 radical (unpaired) electrons. The Labute approximate surface area is 74.2 Å². The first kappa shape index (κ1) is 7.81. The molecule has 1 aromatic heterocycles. The summed E-state index contributed by atoms with van der Waals surface area (Å²) in [6, 6.07) is 6.72. The lowest BCUT2D eigenvalue weighted by Gasteiger charge is -1.97. The van der Waals surface area contributed by atoms with Gasteiger partial charge in [0, 0.05) is 5.56 Å². The zero-order valence-electron chi connectivity index (χ0n) is 6.75. The predicted molar refractivity (Wildman–Crippen MR) is 45.5 cm³/mol. The van der Waals surface area contributed by atoms with Crippen molar-refractivity contribution in [1.29, 1.82) is 5.26 Å². The Morgan fingerprint density at radius 1 is 1.38 bits per heavy atom. The van der Waals surface area contributed by atoms with Crippen LogP contribution >= 0.6 is 0 Å². The summed E-state index contributed by atoms with van der Waals surface area (Å²) in [6.45, 7) is 0. The third-order valence-electron chi connectivity index (χ3n) is 1.92. The topological polar surface area (TPSA) is 36.9 Å². The van der Waals surface area contributed by atoms with E-state index in [1.807, 2.05) is 6.07 Å². The van der Waals surface area contributed by atoms with Crippen LogP contribution < -0.4 is 0 Å². The van der Waals surface area contributed by atoms with Crippen molar-refractivity contribution in [2.45, 2.75) is 6.42 Å². The van der Waals surface area contributed by atoms with Crippen LogP contribution in [0.2, 0.25) is 0 Å². The van der Waals surface area contributed by atoms with Gasteiger partial charge in [0.2, 0.25) is 0 Å². The number of fused-ring (bicyclic) bond motifs is 1. The van der Waals surface area contributed by atoms with Gasteiger partial charge in [-0.1, -0.05) is 6.07 Å². The maximum Gasteiger partial charge on any atom is 0.138 e. The lowest BCUT2D eigenvalue weighted by molar-refractivity contribution is 0.607. The molecule has 0 saturated carbocycles. The summed E-state index contributed by atoms with van der Waals surface area (Å²) in [4.78, 5) is 0. The summed E-state index contributed by atoms with van der Waals surface area (Å²) < 4.78 is 18.5. The number of benzene rings is 1. The van der Waals surface area contributed by atoms with Crippen LogP contribution in [0.3, 0.4) is 0 Å². The van der Waals surface area contributed by atoms with Gasteiger partial charge in [-0.05, 0) is 12.1 Å². The molecule has 1 heterocycles. The second-order valence-corrected chi connectivity index (χ2v) is 2.71. The molecule has 0 spiro atoms. The number of nitrogens with zero attached hydrogens (tertiary/aromatic N) is 1. The highest BCUT2D eigenvalue weighted by molar-refractivity contribution is 5.78. The number of hydrogen-bond donors (Lipinski definition) is 0. The maximum absolute atomic E-state index is 13.5. The lowest BCUT2D eigenvalue weighted by atomic mass is 10.1. The van der Waals surface area contributed by atoms with Crippen molar-refractivity contribution in [2.75, 3.05) is 0 Å². The zero-order chi connectivity index (χ0) is 9.26. The van der Waals surface area contributed by atoms with Crippen molar-refractivity contribution < 1.29 is 8.81 Å². The van der Waals surface area contributed by atoms with Crippen LogP contribution in [-0.4, -0.2) is 0 Å². The van der Waals surface area contributed by atoms with Gasteiger partial charge in [-0.15, -0.1) is 0 Å². The highest BCUT2D eigenvalue weighted by atomic mass is 19.1. The number of hydrogen-bond acceptors (Lipinski definition) is 2. The van der Waals surface area contributed by atoms with Gasteiger partial charge in [0.1, 0.15) is 11.4 Å². The molecule has 2 rings (SSSR count). The fourth-order valence-corrected chi connectivity index (χ4v) is 1.28. The van der Waals surface area contributed by atoms with E-state index in [0.29, 0.717) is 16.5 Å². The van der Waals surface area contributed by atoms with E-state index < -0.39 is 0 Å². The van der Waals surface area contributed by atoms with Gasteiger partial charge in [0.15, 0.2) is 0 Å². The van der Waals surface area contributed by atoms with E-state index in [4.69, 9.17) is 9.68 Å². The molecule has 0 atom stereocenters. The first-order valence-corrected chi connectivity index (χ1v) is 3.84. The molecule has 0 unspecified atom stereocenters. The fraction of sp³-hybridized carbons (Fsp3) is 0.100. The minimum absolute atomic E-state index is 0.0902. The van der Waals surface area contributed by atoms with Crippen molar-refractivity contribution in [1.82, 2.24) is 0 Å². The van der Waals surface area contributed by atoms with Crippen LogP contribution in [0.5, 0.6) is 0 Å².